The fourth-order valence-electron chi connectivity index (χ4n) is 2.03. The van der Waals surface area contributed by atoms with Crippen LogP contribution in [0.5, 0.6) is 0 Å². The average Bonchev–Trinajstić information content (AvgIpc) is 2.54. The molecule has 1 aliphatic heterocycles. The fraction of sp³-hybridized carbons (Fsp3) is 0.250. The van der Waals surface area contributed by atoms with Crippen molar-refractivity contribution in [2.45, 2.75) is 23.5 Å². The van der Waals surface area contributed by atoms with E-state index in [1.54, 1.807) is 18.2 Å². The summed E-state index contributed by atoms with van der Waals surface area (Å²) in [5.74, 6) is -1.66. The first-order valence-electron chi connectivity index (χ1n) is 7.04. The van der Waals surface area contributed by atoms with Crippen LogP contribution in [-0.4, -0.2) is 29.5 Å². The van der Waals surface area contributed by atoms with Crippen molar-refractivity contribution in [1.29, 1.82) is 5.26 Å². The molecule has 24 heavy (non-hydrogen) atoms. The average molecular weight is 345 g/mol. The van der Waals surface area contributed by atoms with Crippen molar-refractivity contribution in [3.05, 3.63) is 35.5 Å². The van der Waals surface area contributed by atoms with Gasteiger partial charge in [-0.15, -0.1) is 11.8 Å². The molecule has 0 bridgehead atoms. The SMILES string of the molecule is CC(N)=C(C#N)C(=O)COC(=O)CC1Sc2ccccc2NC1=O. The Labute approximate surface area is 142 Å². The highest BCUT2D eigenvalue weighted by Crippen LogP contribution is 2.36. The number of rotatable bonds is 5. The van der Waals surface area contributed by atoms with Gasteiger partial charge in [0.25, 0.3) is 0 Å². The Kier molecular flexibility index (Phi) is 5.60. The van der Waals surface area contributed by atoms with Crippen LogP contribution in [0.3, 0.4) is 0 Å². The third kappa shape index (κ3) is 4.14. The Morgan fingerprint density at radius 1 is 1.42 bits per heavy atom. The molecule has 1 aromatic carbocycles. The number of para-hydroxylation sites is 1. The number of hydrogen-bond acceptors (Lipinski definition) is 7. The van der Waals surface area contributed by atoms with Gasteiger partial charge < -0.3 is 15.8 Å². The van der Waals surface area contributed by atoms with Crippen LogP contribution in [0.4, 0.5) is 5.69 Å². The quantitative estimate of drug-likeness (QED) is 0.469. The van der Waals surface area contributed by atoms with Crippen LogP contribution in [0.2, 0.25) is 0 Å². The van der Waals surface area contributed by atoms with E-state index in [0.29, 0.717) is 5.69 Å². The van der Waals surface area contributed by atoms with E-state index in [1.807, 2.05) is 12.1 Å². The van der Waals surface area contributed by atoms with E-state index in [4.69, 9.17) is 15.7 Å². The number of Topliss-reactive ketones (excluding diaryl/α,β-unsaturated/α-hetero) is 1. The molecule has 0 saturated carbocycles. The number of ketones is 1. The van der Waals surface area contributed by atoms with E-state index in [-0.39, 0.29) is 23.6 Å². The van der Waals surface area contributed by atoms with Crippen LogP contribution >= 0.6 is 11.8 Å². The Hall–Kier alpha value is -2.79. The molecule has 7 nitrogen and oxygen atoms in total. The predicted octanol–water partition coefficient (Wildman–Crippen LogP) is 1.36. The number of nitrogens with two attached hydrogens (primary N) is 1. The molecule has 0 aromatic heterocycles. The van der Waals surface area contributed by atoms with Gasteiger partial charge in [-0.1, -0.05) is 12.1 Å². The van der Waals surface area contributed by atoms with Gasteiger partial charge >= 0.3 is 5.97 Å². The maximum Gasteiger partial charge on any atom is 0.307 e. The second-order valence-corrected chi connectivity index (χ2v) is 6.29. The lowest BCUT2D eigenvalue weighted by molar-refractivity contribution is -0.147. The number of carbonyl (C=O) groups is 3. The number of fused-ring (bicyclic) bond motifs is 1. The summed E-state index contributed by atoms with van der Waals surface area (Å²) in [6, 6.07) is 8.93. The summed E-state index contributed by atoms with van der Waals surface area (Å²) in [6.45, 7) is 0.838. The van der Waals surface area contributed by atoms with Crippen LogP contribution in [0, 0.1) is 11.3 Å². The number of benzene rings is 1. The van der Waals surface area contributed by atoms with E-state index < -0.39 is 23.6 Å². The Balaban J connectivity index is 1.92. The standard InChI is InChI=1S/C16H15N3O4S/c1-9(18)10(7-17)12(20)8-23-15(21)6-14-16(22)19-11-4-2-3-5-13(11)24-14/h2-5,14H,6,8,18H2,1H3,(H,19,22). The van der Waals surface area contributed by atoms with Gasteiger partial charge in [0.05, 0.1) is 17.4 Å². The molecule has 1 heterocycles. The van der Waals surface area contributed by atoms with Gasteiger partial charge in [0.15, 0.2) is 6.61 Å². The Morgan fingerprint density at radius 2 is 2.12 bits per heavy atom. The number of thioether (sulfide) groups is 1. The van der Waals surface area contributed by atoms with E-state index in [1.165, 1.54) is 18.7 Å². The van der Waals surface area contributed by atoms with E-state index >= 15 is 0 Å². The van der Waals surface area contributed by atoms with Gasteiger partial charge in [-0.25, -0.2) is 0 Å². The number of amides is 1. The van der Waals surface area contributed by atoms with Gasteiger partial charge in [0.2, 0.25) is 11.7 Å². The summed E-state index contributed by atoms with van der Waals surface area (Å²) < 4.78 is 4.85. The summed E-state index contributed by atoms with van der Waals surface area (Å²) in [5, 5.41) is 10.9. The minimum atomic E-state index is -0.692. The lowest BCUT2D eigenvalue weighted by Gasteiger charge is -2.23. The molecule has 8 heteroatoms. The molecule has 0 radical (unpaired) electrons. The van der Waals surface area contributed by atoms with Crippen LogP contribution in [-0.2, 0) is 19.1 Å². The molecule has 0 spiro atoms. The van der Waals surface area contributed by atoms with Gasteiger partial charge in [0.1, 0.15) is 11.6 Å². The summed E-state index contributed by atoms with van der Waals surface area (Å²) in [5.41, 5.74) is 5.94. The topological polar surface area (TPSA) is 122 Å². The third-order valence-corrected chi connectivity index (χ3v) is 4.48. The number of nitrogens with one attached hydrogen (secondary N) is 1. The van der Waals surface area contributed by atoms with Crippen LogP contribution in [0.15, 0.2) is 40.4 Å². The smallest absolute Gasteiger partial charge is 0.307 e. The maximum atomic E-state index is 12.0. The van der Waals surface area contributed by atoms with Crippen molar-refractivity contribution in [3.8, 4) is 6.07 Å². The largest absolute Gasteiger partial charge is 0.457 e. The second-order valence-electron chi connectivity index (χ2n) is 5.05. The molecule has 3 N–H and O–H groups in total. The molecule has 1 aliphatic rings. The monoisotopic (exact) mass is 345 g/mol. The molecular formula is C16H15N3O4S. The molecule has 0 saturated heterocycles. The number of ether oxygens (including phenoxy) is 1. The van der Waals surface area contributed by atoms with Gasteiger partial charge in [-0.3, -0.25) is 14.4 Å². The summed E-state index contributed by atoms with van der Waals surface area (Å²) in [7, 11) is 0. The molecule has 1 atom stereocenters. The first kappa shape index (κ1) is 17.6. The van der Waals surface area contributed by atoms with Gasteiger partial charge in [-0.05, 0) is 19.1 Å². The summed E-state index contributed by atoms with van der Waals surface area (Å²) in [6.07, 6.45) is -0.175. The van der Waals surface area contributed by atoms with Crippen LogP contribution in [0.1, 0.15) is 13.3 Å². The van der Waals surface area contributed by atoms with Gasteiger partial charge in [-0.2, -0.15) is 5.26 Å². The zero-order valence-corrected chi connectivity index (χ0v) is 13.7. The number of allylic oxidation sites excluding steroid dienone is 1. The Morgan fingerprint density at radius 3 is 2.79 bits per heavy atom. The maximum absolute atomic E-state index is 12.0. The summed E-state index contributed by atoms with van der Waals surface area (Å²) >= 11 is 1.26. The van der Waals surface area contributed by atoms with Crippen LogP contribution < -0.4 is 11.1 Å². The zero-order valence-electron chi connectivity index (χ0n) is 12.9. The van der Waals surface area contributed by atoms with E-state index in [9.17, 15) is 14.4 Å². The highest BCUT2D eigenvalue weighted by atomic mass is 32.2. The lowest BCUT2D eigenvalue weighted by atomic mass is 10.1. The first-order valence-corrected chi connectivity index (χ1v) is 7.92. The molecule has 2 rings (SSSR count). The van der Waals surface area contributed by atoms with Crippen molar-refractivity contribution < 1.29 is 19.1 Å². The minimum absolute atomic E-state index is 0.0670. The number of esters is 1. The Bertz CT molecular complexity index is 763. The molecule has 1 aromatic rings. The van der Waals surface area contributed by atoms with E-state index in [0.717, 1.165) is 4.90 Å². The highest BCUT2D eigenvalue weighted by molar-refractivity contribution is 8.01. The number of hydrogen-bond donors (Lipinski definition) is 2. The number of nitriles is 1. The number of anilines is 1. The van der Waals surface area contributed by atoms with Crippen molar-refractivity contribution in [2.75, 3.05) is 11.9 Å². The molecule has 0 aliphatic carbocycles. The predicted molar refractivity (Wildman–Crippen MR) is 87.8 cm³/mol. The highest BCUT2D eigenvalue weighted by Gasteiger charge is 2.29. The molecule has 124 valence electrons. The molecule has 1 unspecified atom stereocenters. The van der Waals surface area contributed by atoms with Gasteiger partial charge in [0, 0.05) is 10.6 Å². The van der Waals surface area contributed by atoms with E-state index in [2.05, 4.69) is 5.32 Å². The first-order chi connectivity index (χ1) is 11.4. The number of nitrogens with zero attached hydrogens (tertiary/aromatic N) is 1. The van der Waals surface area contributed by atoms with Crippen molar-refractivity contribution >= 4 is 35.1 Å². The second kappa shape index (κ2) is 7.66. The zero-order chi connectivity index (χ0) is 17.7. The normalized spacial score (nSPS) is 17.0. The van der Waals surface area contributed by atoms with Crippen molar-refractivity contribution in [1.82, 2.24) is 0 Å². The van der Waals surface area contributed by atoms with Crippen molar-refractivity contribution in [2.24, 2.45) is 5.73 Å². The van der Waals surface area contributed by atoms with Crippen molar-refractivity contribution in [3.63, 3.8) is 0 Å². The third-order valence-electron chi connectivity index (χ3n) is 3.21. The molecule has 0 fully saturated rings. The minimum Gasteiger partial charge on any atom is -0.457 e. The lowest BCUT2D eigenvalue weighted by Crippen LogP contribution is -2.31. The van der Waals surface area contributed by atoms with Crippen LogP contribution in [0.25, 0.3) is 0 Å². The summed E-state index contributed by atoms with van der Waals surface area (Å²) in [4.78, 5) is 36.4. The number of carbonyl (C=O) groups excluding carboxylic acids is 3. The molecular weight excluding hydrogens is 330 g/mol. The fourth-order valence-corrected chi connectivity index (χ4v) is 3.12. The molecule has 1 amide bonds.